The lowest BCUT2D eigenvalue weighted by atomic mass is 9.95. The lowest BCUT2D eigenvalue weighted by molar-refractivity contribution is -0.141. The van der Waals surface area contributed by atoms with Gasteiger partial charge in [-0.2, -0.15) is 13.2 Å². The van der Waals surface area contributed by atoms with E-state index in [0.29, 0.717) is 27.8 Å². The second-order valence-electron chi connectivity index (χ2n) is 8.41. The Bertz CT molecular complexity index is 1540. The van der Waals surface area contributed by atoms with Crippen LogP contribution in [0.25, 0.3) is 27.9 Å². The second kappa shape index (κ2) is 10.7. The second-order valence-corrected chi connectivity index (χ2v) is 8.81. The maximum absolute atomic E-state index is 13.0. The average Bonchev–Trinajstić information content (AvgIpc) is 3.27. The van der Waals surface area contributed by atoms with Gasteiger partial charge < -0.3 is 0 Å². The Morgan fingerprint density at radius 3 is 2.19 bits per heavy atom. The molecule has 8 heteroatoms. The molecule has 4 nitrogen and oxygen atoms in total. The fourth-order valence-corrected chi connectivity index (χ4v) is 4.31. The molecule has 0 saturated carbocycles. The van der Waals surface area contributed by atoms with Gasteiger partial charge >= 0.3 is 6.18 Å². The zero-order valence-corrected chi connectivity index (χ0v) is 21.7. The van der Waals surface area contributed by atoms with Gasteiger partial charge in [-0.1, -0.05) is 79.5 Å². The number of fused-ring (bicyclic) bond motifs is 1. The van der Waals surface area contributed by atoms with E-state index in [1.807, 2.05) is 73.8 Å². The summed E-state index contributed by atoms with van der Waals surface area (Å²) >= 11 is 6.57. The molecule has 37 heavy (non-hydrogen) atoms. The predicted molar refractivity (Wildman–Crippen MR) is 142 cm³/mol. The van der Waals surface area contributed by atoms with Crippen molar-refractivity contribution in [1.29, 1.82) is 0 Å². The Labute approximate surface area is 218 Å². The number of aryl methyl sites for hydroxylation is 2. The van der Waals surface area contributed by atoms with Crippen molar-refractivity contribution in [3.63, 3.8) is 0 Å². The van der Waals surface area contributed by atoms with Crippen LogP contribution in [-0.4, -0.2) is 19.6 Å². The van der Waals surface area contributed by atoms with Crippen LogP contribution in [0.15, 0.2) is 72.9 Å². The van der Waals surface area contributed by atoms with E-state index in [2.05, 4.69) is 27.3 Å². The zero-order chi connectivity index (χ0) is 26.7. The smallest absolute Gasteiger partial charge is 0.285 e. The Hall–Kier alpha value is -3.71. The third kappa shape index (κ3) is 5.52. The van der Waals surface area contributed by atoms with Gasteiger partial charge in [0.25, 0.3) is 0 Å². The van der Waals surface area contributed by atoms with Crippen LogP contribution >= 0.6 is 11.6 Å². The number of hydrogen-bond acceptors (Lipinski definition) is 3. The van der Waals surface area contributed by atoms with Crippen molar-refractivity contribution in [2.24, 2.45) is 0 Å². The minimum atomic E-state index is -4.49. The summed E-state index contributed by atoms with van der Waals surface area (Å²) in [4.78, 5) is 3.74. The number of benzene rings is 2. The number of aromatic nitrogens is 4. The molecule has 0 aliphatic rings. The molecule has 5 rings (SSSR count). The highest BCUT2D eigenvalue weighted by molar-refractivity contribution is 6.33. The monoisotopic (exact) mass is 522 g/mol. The van der Waals surface area contributed by atoms with Crippen molar-refractivity contribution >= 4 is 17.2 Å². The highest BCUT2D eigenvalue weighted by Gasteiger charge is 2.32. The molecule has 0 saturated heterocycles. The van der Waals surface area contributed by atoms with E-state index >= 15 is 0 Å². The Morgan fingerprint density at radius 2 is 1.54 bits per heavy atom. The summed E-state index contributed by atoms with van der Waals surface area (Å²) in [6.07, 6.45) is -2.26. The molecule has 190 valence electrons. The number of alkyl halides is 3. The molecule has 0 bridgehead atoms. The Kier molecular flexibility index (Phi) is 7.64. The predicted octanol–water partition coefficient (Wildman–Crippen LogP) is 8.36. The molecule has 0 aliphatic carbocycles. The molecule has 0 atom stereocenters. The van der Waals surface area contributed by atoms with Gasteiger partial charge in [0.05, 0.1) is 0 Å². The zero-order valence-electron chi connectivity index (χ0n) is 20.9. The number of nitrogens with zero attached hydrogens (tertiary/aromatic N) is 4. The van der Waals surface area contributed by atoms with Crippen molar-refractivity contribution in [3.8, 4) is 22.3 Å². The van der Waals surface area contributed by atoms with Crippen LogP contribution < -0.4 is 0 Å². The van der Waals surface area contributed by atoms with Crippen LogP contribution in [-0.2, 0) is 12.6 Å². The number of halogens is 4. The minimum absolute atomic E-state index is 0.282. The first-order valence-electron chi connectivity index (χ1n) is 11.9. The standard InChI is InChI=1S/C27H20ClF3N4.C2H6/c1-16-7-9-18(10-8-16)21-14-26-34-33-25(13-19-11-12-24(27(29,30)31)32-17(19)2)35(26)15-22(21)20-5-3-4-6-23(20)28;1-2/h3-12,14-15H,13H2,1-2H3;1-2H3. The molecule has 0 amide bonds. The fraction of sp³-hybridized carbons (Fsp3) is 0.207. The molecule has 0 unspecified atom stereocenters. The van der Waals surface area contributed by atoms with Crippen molar-refractivity contribution in [1.82, 2.24) is 19.6 Å². The number of hydrogen-bond donors (Lipinski definition) is 0. The molecule has 2 aromatic carbocycles. The van der Waals surface area contributed by atoms with Crippen LogP contribution in [0.5, 0.6) is 0 Å². The molecule has 0 N–H and O–H groups in total. The van der Waals surface area contributed by atoms with Gasteiger partial charge in [-0.05, 0) is 48.7 Å². The van der Waals surface area contributed by atoms with E-state index in [0.717, 1.165) is 33.9 Å². The lowest BCUT2D eigenvalue weighted by Crippen LogP contribution is -2.10. The molecule has 0 fully saturated rings. The molecule has 3 aromatic heterocycles. The van der Waals surface area contributed by atoms with E-state index in [4.69, 9.17) is 11.6 Å². The summed E-state index contributed by atoms with van der Waals surface area (Å²) in [7, 11) is 0. The maximum Gasteiger partial charge on any atom is 0.433 e. The van der Waals surface area contributed by atoms with Crippen molar-refractivity contribution in [2.75, 3.05) is 0 Å². The van der Waals surface area contributed by atoms with E-state index < -0.39 is 11.9 Å². The summed E-state index contributed by atoms with van der Waals surface area (Å²) < 4.78 is 40.9. The third-order valence-corrected chi connectivity index (χ3v) is 6.31. The summed E-state index contributed by atoms with van der Waals surface area (Å²) in [5, 5.41) is 9.29. The molecule has 0 spiro atoms. The normalized spacial score (nSPS) is 11.4. The molecular weight excluding hydrogens is 497 g/mol. The number of pyridine rings is 2. The third-order valence-electron chi connectivity index (χ3n) is 5.98. The van der Waals surface area contributed by atoms with Gasteiger partial charge in [-0.3, -0.25) is 4.40 Å². The van der Waals surface area contributed by atoms with Crippen LogP contribution in [0.4, 0.5) is 13.2 Å². The number of rotatable bonds is 4. The molecular formula is C29H26ClF3N4. The lowest BCUT2D eigenvalue weighted by Gasteiger charge is -2.14. The van der Waals surface area contributed by atoms with E-state index in [-0.39, 0.29) is 6.42 Å². The van der Waals surface area contributed by atoms with E-state index in [9.17, 15) is 13.2 Å². The van der Waals surface area contributed by atoms with Gasteiger partial charge in [-0.25, -0.2) is 4.98 Å². The molecule has 0 radical (unpaired) electrons. The average molecular weight is 523 g/mol. The Morgan fingerprint density at radius 1 is 0.838 bits per heavy atom. The summed E-state index contributed by atoms with van der Waals surface area (Å²) in [5.74, 6) is 0.591. The summed E-state index contributed by atoms with van der Waals surface area (Å²) in [5.41, 5.74) is 5.55. The summed E-state index contributed by atoms with van der Waals surface area (Å²) in [6.45, 7) is 7.60. The van der Waals surface area contributed by atoms with Crippen LogP contribution in [0.1, 0.15) is 42.2 Å². The fourth-order valence-electron chi connectivity index (χ4n) is 4.07. The highest BCUT2D eigenvalue weighted by Crippen LogP contribution is 2.37. The first-order chi connectivity index (χ1) is 17.7. The van der Waals surface area contributed by atoms with Gasteiger partial charge in [-0.15, -0.1) is 10.2 Å². The van der Waals surface area contributed by atoms with Gasteiger partial charge in [0.1, 0.15) is 11.5 Å². The molecule has 3 heterocycles. The van der Waals surface area contributed by atoms with Crippen LogP contribution in [0.2, 0.25) is 5.02 Å². The molecule has 5 aromatic rings. The first kappa shape index (κ1) is 26.4. The van der Waals surface area contributed by atoms with E-state index in [1.165, 1.54) is 6.07 Å². The van der Waals surface area contributed by atoms with Crippen molar-refractivity contribution in [2.45, 2.75) is 40.3 Å². The highest BCUT2D eigenvalue weighted by atomic mass is 35.5. The topological polar surface area (TPSA) is 43.1 Å². The van der Waals surface area contributed by atoms with Gasteiger partial charge in [0.15, 0.2) is 5.65 Å². The first-order valence-corrected chi connectivity index (χ1v) is 12.3. The van der Waals surface area contributed by atoms with Gasteiger partial charge in [0, 0.05) is 34.5 Å². The SMILES string of the molecule is CC.Cc1ccc(-c2cc3nnc(Cc4ccc(C(F)(F)F)nc4C)n3cc2-c2ccccc2Cl)cc1. The Balaban J connectivity index is 0.00000156. The van der Waals surface area contributed by atoms with E-state index in [1.54, 1.807) is 6.92 Å². The maximum atomic E-state index is 13.0. The van der Waals surface area contributed by atoms with Gasteiger partial charge in [0.2, 0.25) is 0 Å². The van der Waals surface area contributed by atoms with Crippen LogP contribution in [0.3, 0.4) is 0 Å². The van der Waals surface area contributed by atoms with Crippen LogP contribution in [0, 0.1) is 13.8 Å². The van der Waals surface area contributed by atoms with Crippen molar-refractivity contribution in [3.05, 3.63) is 106 Å². The minimum Gasteiger partial charge on any atom is -0.285 e. The summed E-state index contributed by atoms with van der Waals surface area (Å²) in [6, 6.07) is 20.2. The molecule has 0 aliphatic heterocycles. The quantitative estimate of drug-likeness (QED) is 0.238. The largest absolute Gasteiger partial charge is 0.433 e. The van der Waals surface area contributed by atoms with Crippen molar-refractivity contribution < 1.29 is 13.2 Å².